The van der Waals surface area contributed by atoms with E-state index < -0.39 is 0 Å². The topological polar surface area (TPSA) is 29.9 Å². The maximum atomic E-state index is 4.55. The second-order valence-electron chi connectivity index (χ2n) is 4.65. The smallest absolute Gasteiger partial charge is 0.0967 e. The van der Waals surface area contributed by atoms with Crippen LogP contribution in [-0.4, -0.2) is 16.8 Å². The Bertz CT molecular complexity index is 497. The zero-order chi connectivity index (χ0) is 13.0. The van der Waals surface area contributed by atoms with Crippen LogP contribution in [0.4, 0.5) is 0 Å². The largest absolute Gasteiger partial charge is 0.316 e. The van der Waals surface area contributed by atoms with Gasteiger partial charge in [-0.25, -0.2) is 0 Å². The van der Waals surface area contributed by atoms with Crippen LogP contribution in [-0.2, 0) is 20.0 Å². The molecule has 0 saturated carbocycles. The number of benzene rings is 1. The van der Waals surface area contributed by atoms with Crippen molar-refractivity contribution < 1.29 is 0 Å². The summed E-state index contributed by atoms with van der Waals surface area (Å²) in [4.78, 5) is 0. The molecule has 0 amide bonds. The highest BCUT2D eigenvalue weighted by molar-refractivity contribution is 5.63. The lowest BCUT2D eigenvalue weighted by Crippen LogP contribution is -2.05. The molecule has 0 spiro atoms. The summed E-state index contributed by atoms with van der Waals surface area (Å²) in [7, 11) is 3.93. The Kier molecular flexibility index (Phi) is 4.15. The predicted molar refractivity (Wildman–Crippen MR) is 75.4 cm³/mol. The summed E-state index contributed by atoms with van der Waals surface area (Å²) in [5.41, 5.74) is 4.91. The van der Waals surface area contributed by atoms with Gasteiger partial charge in [-0.15, -0.1) is 0 Å². The molecule has 0 atom stereocenters. The van der Waals surface area contributed by atoms with Gasteiger partial charge < -0.3 is 5.32 Å². The van der Waals surface area contributed by atoms with E-state index in [-0.39, 0.29) is 0 Å². The molecule has 0 radical (unpaired) electrons. The SMILES string of the molecule is CCCc1ccc(-c2nn(C)cc2CNC)cc1. The van der Waals surface area contributed by atoms with Gasteiger partial charge >= 0.3 is 0 Å². The zero-order valence-corrected chi connectivity index (χ0v) is 11.4. The molecule has 0 aliphatic rings. The summed E-state index contributed by atoms with van der Waals surface area (Å²) in [6.07, 6.45) is 4.41. The Hall–Kier alpha value is -1.61. The third-order valence-electron chi connectivity index (χ3n) is 3.04. The van der Waals surface area contributed by atoms with Gasteiger partial charge in [-0.1, -0.05) is 37.6 Å². The second-order valence-corrected chi connectivity index (χ2v) is 4.65. The normalized spacial score (nSPS) is 10.8. The maximum Gasteiger partial charge on any atom is 0.0967 e. The molecule has 1 aromatic carbocycles. The molecule has 0 aliphatic carbocycles. The Balaban J connectivity index is 2.29. The molecule has 0 aliphatic heterocycles. The molecule has 0 fully saturated rings. The predicted octanol–water partition coefficient (Wildman–Crippen LogP) is 2.76. The van der Waals surface area contributed by atoms with Crippen LogP contribution < -0.4 is 5.32 Å². The van der Waals surface area contributed by atoms with Crippen molar-refractivity contribution in [3.8, 4) is 11.3 Å². The van der Waals surface area contributed by atoms with Crippen molar-refractivity contribution >= 4 is 0 Å². The summed E-state index contributed by atoms with van der Waals surface area (Å²) in [6.45, 7) is 3.05. The molecule has 0 unspecified atom stereocenters. The average molecular weight is 243 g/mol. The monoisotopic (exact) mass is 243 g/mol. The Morgan fingerprint density at radius 3 is 2.56 bits per heavy atom. The molecule has 0 bridgehead atoms. The quantitative estimate of drug-likeness (QED) is 0.875. The van der Waals surface area contributed by atoms with Gasteiger partial charge in [-0.05, 0) is 19.0 Å². The minimum Gasteiger partial charge on any atom is -0.316 e. The van der Waals surface area contributed by atoms with Crippen LogP contribution in [0.5, 0.6) is 0 Å². The van der Waals surface area contributed by atoms with E-state index >= 15 is 0 Å². The number of nitrogens with zero attached hydrogens (tertiary/aromatic N) is 2. The van der Waals surface area contributed by atoms with Crippen LogP contribution in [0.1, 0.15) is 24.5 Å². The number of nitrogens with one attached hydrogen (secondary N) is 1. The van der Waals surface area contributed by atoms with Gasteiger partial charge in [0.1, 0.15) is 0 Å². The van der Waals surface area contributed by atoms with Crippen LogP contribution in [0.2, 0.25) is 0 Å². The van der Waals surface area contributed by atoms with Crippen molar-refractivity contribution in [3.05, 3.63) is 41.6 Å². The first-order valence-electron chi connectivity index (χ1n) is 6.51. The van der Waals surface area contributed by atoms with Gasteiger partial charge in [-0.2, -0.15) is 5.10 Å². The van der Waals surface area contributed by atoms with E-state index in [0.29, 0.717) is 0 Å². The molecule has 18 heavy (non-hydrogen) atoms. The van der Waals surface area contributed by atoms with Gasteiger partial charge in [0.05, 0.1) is 5.69 Å². The van der Waals surface area contributed by atoms with Crippen LogP contribution in [0.3, 0.4) is 0 Å². The lowest BCUT2D eigenvalue weighted by Gasteiger charge is -2.03. The lowest BCUT2D eigenvalue weighted by atomic mass is 10.0. The molecule has 3 nitrogen and oxygen atoms in total. The van der Waals surface area contributed by atoms with E-state index in [9.17, 15) is 0 Å². The first-order chi connectivity index (χ1) is 8.74. The van der Waals surface area contributed by atoms with E-state index in [1.165, 1.54) is 23.1 Å². The molecule has 0 saturated heterocycles. The summed E-state index contributed by atoms with van der Waals surface area (Å²) in [5.74, 6) is 0. The molecular weight excluding hydrogens is 222 g/mol. The number of hydrogen-bond donors (Lipinski definition) is 1. The number of hydrogen-bond acceptors (Lipinski definition) is 2. The molecule has 1 N–H and O–H groups in total. The molecule has 1 aromatic heterocycles. The van der Waals surface area contributed by atoms with Gasteiger partial charge in [-0.3, -0.25) is 4.68 Å². The van der Waals surface area contributed by atoms with Crippen LogP contribution in [0.25, 0.3) is 11.3 Å². The van der Waals surface area contributed by atoms with E-state index in [0.717, 1.165) is 18.7 Å². The summed E-state index contributed by atoms with van der Waals surface area (Å²) >= 11 is 0. The van der Waals surface area contributed by atoms with E-state index in [1.54, 1.807) is 0 Å². The Morgan fingerprint density at radius 1 is 1.22 bits per heavy atom. The van der Waals surface area contributed by atoms with Crippen molar-refractivity contribution in [2.75, 3.05) is 7.05 Å². The molecule has 96 valence electrons. The van der Waals surface area contributed by atoms with Crippen molar-refractivity contribution in [1.29, 1.82) is 0 Å². The Labute approximate surface area is 109 Å². The van der Waals surface area contributed by atoms with Crippen LogP contribution in [0, 0.1) is 0 Å². The third kappa shape index (κ3) is 2.79. The molecular formula is C15H21N3. The highest BCUT2D eigenvalue weighted by Crippen LogP contribution is 2.22. The van der Waals surface area contributed by atoms with Crippen molar-refractivity contribution in [3.63, 3.8) is 0 Å². The molecule has 3 heteroatoms. The number of aromatic nitrogens is 2. The summed E-state index contributed by atoms with van der Waals surface area (Å²) in [6, 6.07) is 8.76. The molecule has 1 heterocycles. The van der Waals surface area contributed by atoms with E-state index in [1.807, 2.05) is 18.8 Å². The standard InChI is InChI=1S/C15H21N3/c1-4-5-12-6-8-13(9-7-12)15-14(10-16-2)11-18(3)17-15/h6-9,11,16H,4-5,10H2,1-3H3. The molecule has 2 rings (SSSR count). The fraction of sp³-hybridized carbons (Fsp3) is 0.400. The lowest BCUT2D eigenvalue weighted by molar-refractivity contribution is 0.765. The highest BCUT2D eigenvalue weighted by Gasteiger charge is 2.09. The summed E-state index contributed by atoms with van der Waals surface area (Å²) in [5, 5.41) is 7.74. The minimum absolute atomic E-state index is 0.847. The van der Waals surface area contributed by atoms with Gasteiger partial charge in [0.25, 0.3) is 0 Å². The third-order valence-corrected chi connectivity index (χ3v) is 3.04. The van der Waals surface area contributed by atoms with Crippen molar-refractivity contribution in [2.24, 2.45) is 7.05 Å². The summed E-state index contributed by atoms with van der Waals surface area (Å²) < 4.78 is 1.88. The van der Waals surface area contributed by atoms with Crippen LogP contribution >= 0.6 is 0 Å². The number of aryl methyl sites for hydroxylation is 2. The number of rotatable bonds is 5. The highest BCUT2D eigenvalue weighted by atomic mass is 15.3. The van der Waals surface area contributed by atoms with E-state index in [2.05, 4.69) is 47.8 Å². The van der Waals surface area contributed by atoms with Crippen molar-refractivity contribution in [2.45, 2.75) is 26.3 Å². The van der Waals surface area contributed by atoms with Crippen molar-refractivity contribution in [1.82, 2.24) is 15.1 Å². The fourth-order valence-electron chi connectivity index (χ4n) is 2.22. The van der Waals surface area contributed by atoms with Crippen LogP contribution in [0.15, 0.2) is 30.5 Å². The van der Waals surface area contributed by atoms with E-state index in [4.69, 9.17) is 0 Å². The first kappa shape index (κ1) is 12.8. The average Bonchev–Trinajstić information content (AvgIpc) is 2.72. The fourth-order valence-corrected chi connectivity index (χ4v) is 2.22. The second kappa shape index (κ2) is 5.83. The first-order valence-corrected chi connectivity index (χ1v) is 6.51. The zero-order valence-electron chi connectivity index (χ0n) is 11.4. The van der Waals surface area contributed by atoms with Gasteiger partial charge in [0.15, 0.2) is 0 Å². The van der Waals surface area contributed by atoms with Gasteiger partial charge in [0.2, 0.25) is 0 Å². The minimum atomic E-state index is 0.847. The maximum absolute atomic E-state index is 4.55. The Morgan fingerprint density at radius 2 is 1.94 bits per heavy atom. The molecule has 2 aromatic rings. The van der Waals surface area contributed by atoms with Gasteiger partial charge in [0, 0.05) is 30.9 Å².